The van der Waals surface area contributed by atoms with E-state index in [9.17, 15) is 22.8 Å². The zero-order chi connectivity index (χ0) is 14.6. The standard InChI is InChI=1S/C12H8F3NO3/c1-2-3-16(6-10(17)18)12(19)11-8(14)4-7(13)5-9(11)15/h1,4-5H,3,6H2,(H,17,18). The number of halogens is 3. The lowest BCUT2D eigenvalue weighted by atomic mass is 10.1. The van der Waals surface area contributed by atoms with Crippen molar-refractivity contribution in [2.45, 2.75) is 0 Å². The van der Waals surface area contributed by atoms with Gasteiger partial charge in [0.15, 0.2) is 0 Å². The third kappa shape index (κ3) is 3.48. The number of hydrogen-bond acceptors (Lipinski definition) is 2. The zero-order valence-electron chi connectivity index (χ0n) is 9.49. The van der Waals surface area contributed by atoms with Gasteiger partial charge in [0.2, 0.25) is 0 Å². The van der Waals surface area contributed by atoms with Gasteiger partial charge in [0.1, 0.15) is 29.6 Å². The number of carbonyl (C=O) groups excluding carboxylic acids is 1. The molecule has 0 fully saturated rings. The number of amides is 1. The maximum Gasteiger partial charge on any atom is 0.323 e. The first-order chi connectivity index (χ1) is 8.86. The molecule has 0 atom stereocenters. The molecule has 0 aromatic heterocycles. The second-order valence-corrected chi connectivity index (χ2v) is 3.50. The van der Waals surface area contributed by atoms with Crippen LogP contribution in [0, 0.1) is 29.8 Å². The summed E-state index contributed by atoms with van der Waals surface area (Å²) >= 11 is 0. The van der Waals surface area contributed by atoms with Gasteiger partial charge in [-0.05, 0) is 0 Å². The third-order valence-electron chi connectivity index (χ3n) is 2.12. The quantitative estimate of drug-likeness (QED) is 0.839. The average Bonchev–Trinajstić information content (AvgIpc) is 2.26. The SMILES string of the molecule is C#CCN(CC(=O)O)C(=O)c1c(F)cc(F)cc1F. The molecule has 0 heterocycles. The summed E-state index contributed by atoms with van der Waals surface area (Å²) in [4.78, 5) is 22.9. The van der Waals surface area contributed by atoms with Crippen molar-refractivity contribution in [2.75, 3.05) is 13.1 Å². The van der Waals surface area contributed by atoms with Crippen molar-refractivity contribution >= 4 is 11.9 Å². The van der Waals surface area contributed by atoms with Crippen LogP contribution in [0.1, 0.15) is 10.4 Å². The van der Waals surface area contributed by atoms with Crippen molar-refractivity contribution in [3.63, 3.8) is 0 Å². The van der Waals surface area contributed by atoms with E-state index in [1.54, 1.807) is 0 Å². The summed E-state index contributed by atoms with van der Waals surface area (Å²) in [6, 6.07) is 0.649. The van der Waals surface area contributed by atoms with Crippen LogP contribution in [0.2, 0.25) is 0 Å². The Kier molecular flexibility index (Phi) is 4.53. The fourth-order valence-electron chi connectivity index (χ4n) is 1.38. The highest BCUT2D eigenvalue weighted by Gasteiger charge is 2.25. The maximum atomic E-state index is 13.4. The average molecular weight is 271 g/mol. The number of carbonyl (C=O) groups is 2. The number of carboxylic acids is 1. The summed E-state index contributed by atoms with van der Waals surface area (Å²) < 4.78 is 39.4. The highest BCUT2D eigenvalue weighted by molar-refractivity contribution is 5.96. The first kappa shape index (κ1) is 14.6. The van der Waals surface area contributed by atoms with Crippen molar-refractivity contribution in [3.8, 4) is 12.3 Å². The Morgan fingerprint density at radius 2 is 1.79 bits per heavy atom. The first-order valence-electron chi connectivity index (χ1n) is 4.96. The fourth-order valence-corrected chi connectivity index (χ4v) is 1.38. The number of rotatable bonds is 4. The molecule has 0 unspecified atom stereocenters. The summed E-state index contributed by atoms with van der Waals surface area (Å²) in [5.41, 5.74) is -1.04. The minimum atomic E-state index is -1.42. The van der Waals surface area contributed by atoms with Gasteiger partial charge in [0.05, 0.1) is 6.54 Å². The van der Waals surface area contributed by atoms with Crippen LogP contribution >= 0.6 is 0 Å². The van der Waals surface area contributed by atoms with Crippen LogP contribution in [0.25, 0.3) is 0 Å². The smallest absolute Gasteiger partial charge is 0.323 e. The van der Waals surface area contributed by atoms with Gasteiger partial charge in [0, 0.05) is 12.1 Å². The molecule has 0 spiro atoms. The van der Waals surface area contributed by atoms with Crippen molar-refractivity contribution in [1.82, 2.24) is 4.90 Å². The Balaban J connectivity index is 3.17. The molecule has 19 heavy (non-hydrogen) atoms. The Hall–Kier alpha value is -2.49. The lowest BCUT2D eigenvalue weighted by Gasteiger charge is -2.18. The number of benzene rings is 1. The summed E-state index contributed by atoms with van der Waals surface area (Å²) in [7, 11) is 0. The van der Waals surface area contributed by atoms with Crippen molar-refractivity contribution in [2.24, 2.45) is 0 Å². The van der Waals surface area contributed by atoms with Gasteiger partial charge in [-0.3, -0.25) is 9.59 Å². The van der Waals surface area contributed by atoms with Crippen molar-refractivity contribution in [1.29, 1.82) is 0 Å². The molecule has 0 saturated heterocycles. The molecule has 0 aliphatic heterocycles. The molecule has 0 radical (unpaired) electrons. The van der Waals surface area contributed by atoms with Crippen molar-refractivity contribution in [3.05, 3.63) is 35.1 Å². The van der Waals surface area contributed by atoms with Gasteiger partial charge < -0.3 is 10.0 Å². The van der Waals surface area contributed by atoms with E-state index in [4.69, 9.17) is 11.5 Å². The van der Waals surface area contributed by atoms with E-state index >= 15 is 0 Å². The predicted molar refractivity (Wildman–Crippen MR) is 58.7 cm³/mol. The lowest BCUT2D eigenvalue weighted by Crippen LogP contribution is -2.37. The predicted octanol–water partition coefficient (Wildman–Crippen LogP) is 1.26. The molecule has 1 rings (SSSR count). The molecule has 1 aromatic carbocycles. The maximum absolute atomic E-state index is 13.4. The number of aliphatic carboxylic acids is 1. The molecule has 0 aliphatic rings. The van der Waals surface area contributed by atoms with Gasteiger partial charge in [-0.1, -0.05) is 5.92 Å². The normalized spacial score (nSPS) is 9.79. The number of carboxylic acid groups (broad SMARTS) is 1. The molecule has 1 N–H and O–H groups in total. The van der Waals surface area contributed by atoms with Crippen LogP contribution in [-0.4, -0.2) is 35.0 Å². The van der Waals surface area contributed by atoms with Gasteiger partial charge in [-0.2, -0.15) is 0 Å². The van der Waals surface area contributed by atoms with Gasteiger partial charge in [-0.15, -0.1) is 6.42 Å². The fraction of sp³-hybridized carbons (Fsp3) is 0.167. The largest absolute Gasteiger partial charge is 0.480 e. The Bertz CT molecular complexity index is 543. The molecular weight excluding hydrogens is 263 g/mol. The van der Waals surface area contributed by atoms with Gasteiger partial charge in [0.25, 0.3) is 5.91 Å². The zero-order valence-corrected chi connectivity index (χ0v) is 9.49. The third-order valence-corrected chi connectivity index (χ3v) is 2.12. The molecular formula is C12H8F3NO3. The monoisotopic (exact) mass is 271 g/mol. The Morgan fingerprint density at radius 1 is 1.26 bits per heavy atom. The molecule has 0 saturated carbocycles. The number of nitrogens with zero attached hydrogens (tertiary/aromatic N) is 1. The van der Waals surface area contributed by atoms with E-state index in [0.29, 0.717) is 17.0 Å². The molecule has 4 nitrogen and oxygen atoms in total. The van der Waals surface area contributed by atoms with Crippen LogP contribution in [0.5, 0.6) is 0 Å². The van der Waals surface area contributed by atoms with E-state index < -0.39 is 48.0 Å². The highest BCUT2D eigenvalue weighted by Crippen LogP contribution is 2.16. The number of hydrogen-bond donors (Lipinski definition) is 1. The van der Waals surface area contributed by atoms with E-state index in [-0.39, 0.29) is 0 Å². The van der Waals surface area contributed by atoms with Gasteiger partial charge in [-0.25, -0.2) is 13.2 Å². The van der Waals surface area contributed by atoms with Crippen molar-refractivity contribution < 1.29 is 27.9 Å². The second-order valence-electron chi connectivity index (χ2n) is 3.50. The van der Waals surface area contributed by atoms with E-state index in [2.05, 4.69) is 0 Å². The number of terminal acetylenes is 1. The van der Waals surface area contributed by atoms with Crippen LogP contribution < -0.4 is 0 Å². The molecule has 0 aliphatic carbocycles. The highest BCUT2D eigenvalue weighted by atomic mass is 19.1. The van der Waals surface area contributed by atoms with Crippen LogP contribution in [0.15, 0.2) is 12.1 Å². The molecule has 100 valence electrons. The summed E-state index contributed by atoms with van der Waals surface area (Å²) in [5, 5.41) is 8.58. The minimum Gasteiger partial charge on any atom is -0.480 e. The van der Waals surface area contributed by atoms with E-state index in [1.807, 2.05) is 5.92 Å². The summed E-state index contributed by atoms with van der Waals surface area (Å²) in [5.74, 6) is -4.68. The Morgan fingerprint density at radius 3 is 2.21 bits per heavy atom. The molecule has 1 aromatic rings. The lowest BCUT2D eigenvalue weighted by molar-refractivity contribution is -0.137. The van der Waals surface area contributed by atoms with Crippen LogP contribution in [0.3, 0.4) is 0 Å². The summed E-state index contributed by atoms with van der Waals surface area (Å²) in [6.07, 6.45) is 4.94. The molecule has 0 bridgehead atoms. The van der Waals surface area contributed by atoms with E-state index in [0.717, 1.165) is 0 Å². The summed E-state index contributed by atoms with van der Waals surface area (Å²) in [6.45, 7) is -1.26. The topological polar surface area (TPSA) is 57.6 Å². The Labute approximate surface area is 106 Å². The van der Waals surface area contributed by atoms with E-state index in [1.165, 1.54) is 0 Å². The van der Waals surface area contributed by atoms with Crippen LogP contribution in [0.4, 0.5) is 13.2 Å². The van der Waals surface area contributed by atoms with Crippen LogP contribution in [-0.2, 0) is 4.79 Å². The molecule has 1 amide bonds. The minimum absolute atomic E-state index is 0.325. The molecule has 7 heteroatoms. The van der Waals surface area contributed by atoms with Gasteiger partial charge >= 0.3 is 5.97 Å². The second kappa shape index (κ2) is 5.91. The first-order valence-corrected chi connectivity index (χ1v) is 4.96.